The molecule has 1 aliphatic rings. The van der Waals surface area contributed by atoms with E-state index in [4.69, 9.17) is 5.11 Å². The van der Waals surface area contributed by atoms with Gasteiger partial charge in [0.2, 0.25) is 0 Å². The Balaban J connectivity index is 2.08. The summed E-state index contributed by atoms with van der Waals surface area (Å²) in [5.74, 6) is -1.18. The van der Waals surface area contributed by atoms with E-state index in [0.717, 1.165) is 0 Å². The number of pyridine rings is 1. The summed E-state index contributed by atoms with van der Waals surface area (Å²) >= 11 is 1.17. The van der Waals surface area contributed by atoms with E-state index in [9.17, 15) is 19.2 Å². The van der Waals surface area contributed by atoms with Gasteiger partial charge in [-0.1, -0.05) is 13.8 Å². The number of hydrogen-bond acceptors (Lipinski definition) is 5. The zero-order chi connectivity index (χ0) is 17.9. The number of aliphatic carboxylic acids is 1. The lowest BCUT2D eigenvalue weighted by molar-refractivity contribution is -0.133. The highest BCUT2D eigenvalue weighted by atomic mass is 32.2. The predicted octanol–water partition coefficient (Wildman–Crippen LogP) is 1.08. The summed E-state index contributed by atoms with van der Waals surface area (Å²) in [6.45, 7) is 4.16. The number of carboxylic acid groups (broad SMARTS) is 1. The largest absolute Gasteiger partial charge is 0.481 e. The predicted molar refractivity (Wildman–Crippen MR) is 90.8 cm³/mol. The molecule has 0 atom stereocenters. The van der Waals surface area contributed by atoms with E-state index < -0.39 is 17.4 Å². The van der Waals surface area contributed by atoms with Gasteiger partial charge in [-0.15, -0.1) is 11.8 Å². The van der Waals surface area contributed by atoms with Crippen LogP contribution in [0.1, 0.15) is 46.7 Å². The summed E-state index contributed by atoms with van der Waals surface area (Å²) in [5, 5.41) is 11.1. The third-order valence-electron chi connectivity index (χ3n) is 3.72. The highest BCUT2D eigenvalue weighted by molar-refractivity contribution is 7.99. The first-order valence-electron chi connectivity index (χ1n) is 7.57. The summed E-state index contributed by atoms with van der Waals surface area (Å²) in [6, 6.07) is 1.37. The second-order valence-corrected chi connectivity index (χ2v) is 7.65. The van der Waals surface area contributed by atoms with Crippen LogP contribution in [0.3, 0.4) is 0 Å². The number of carbonyl (C=O) groups is 3. The lowest BCUT2D eigenvalue weighted by Gasteiger charge is -2.29. The quantitative estimate of drug-likeness (QED) is 0.660. The van der Waals surface area contributed by atoms with Gasteiger partial charge in [-0.3, -0.25) is 19.2 Å². The fraction of sp³-hybridized carbons (Fsp3) is 0.500. The number of ketones is 1. The highest BCUT2D eigenvalue weighted by Crippen LogP contribution is 2.33. The monoisotopic (exact) mass is 352 g/mol. The number of amides is 1. The van der Waals surface area contributed by atoms with Gasteiger partial charge >= 0.3 is 5.97 Å². The number of Topliss-reactive ketones (excluding diaryl/α,β-unsaturated/α-hetero) is 1. The number of aromatic nitrogens is 1. The molecule has 7 nitrogen and oxygen atoms in total. The van der Waals surface area contributed by atoms with Crippen molar-refractivity contribution in [2.45, 2.75) is 26.7 Å². The molecule has 1 amide bonds. The van der Waals surface area contributed by atoms with Crippen molar-refractivity contribution >= 4 is 29.4 Å². The maximum atomic E-state index is 12.2. The maximum Gasteiger partial charge on any atom is 0.313 e. The molecule has 1 aromatic rings. The zero-order valence-electron chi connectivity index (χ0n) is 13.6. The van der Waals surface area contributed by atoms with Gasteiger partial charge in [0.1, 0.15) is 5.56 Å². The van der Waals surface area contributed by atoms with Crippen molar-refractivity contribution in [3.63, 3.8) is 0 Å². The number of hydrogen-bond donors (Lipinski definition) is 3. The standard InChI is InChI=1S/C16H20N2O5S/c1-16(2)6-11-9(12(19)7-16)5-10(15(23)18-11)14(22)17-3-4-24-8-13(20)21/h5H,3-4,6-8H2,1-2H3,(H,17,22)(H,18,23)(H,20,21). The van der Waals surface area contributed by atoms with Crippen LogP contribution in [-0.4, -0.2) is 45.8 Å². The Bertz CT molecular complexity index is 738. The average Bonchev–Trinajstić information content (AvgIpc) is 2.44. The second kappa shape index (κ2) is 7.21. The van der Waals surface area contributed by atoms with Gasteiger partial charge in [-0.25, -0.2) is 0 Å². The molecule has 1 aliphatic carbocycles. The number of fused-ring (bicyclic) bond motifs is 1. The van der Waals surface area contributed by atoms with Crippen LogP contribution in [0.5, 0.6) is 0 Å². The first-order chi connectivity index (χ1) is 11.2. The minimum absolute atomic E-state index is 0.0421. The van der Waals surface area contributed by atoms with Crippen molar-refractivity contribution in [3.05, 3.63) is 33.2 Å². The summed E-state index contributed by atoms with van der Waals surface area (Å²) in [4.78, 5) is 49.5. The molecule has 130 valence electrons. The Morgan fingerprint density at radius 3 is 2.71 bits per heavy atom. The molecule has 3 N–H and O–H groups in total. The Morgan fingerprint density at radius 2 is 2.04 bits per heavy atom. The van der Waals surface area contributed by atoms with E-state index in [-0.39, 0.29) is 29.1 Å². The number of carbonyl (C=O) groups excluding carboxylic acids is 2. The van der Waals surface area contributed by atoms with Crippen LogP contribution in [0.15, 0.2) is 10.9 Å². The third-order valence-corrected chi connectivity index (χ3v) is 4.66. The zero-order valence-corrected chi connectivity index (χ0v) is 14.4. The Hall–Kier alpha value is -2.09. The molecular formula is C16H20N2O5S. The first kappa shape index (κ1) is 18.3. The summed E-state index contributed by atoms with van der Waals surface area (Å²) in [6.07, 6.45) is 0.954. The summed E-state index contributed by atoms with van der Waals surface area (Å²) in [7, 11) is 0. The van der Waals surface area contributed by atoms with Gasteiger partial charge in [0.15, 0.2) is 5.78 Å². The number of rotatable bonds is 6. The molecule has 0 bridgehead atoms. The molecule has 1 aromatic heterocycles. The fourth-order valence-corrected chi connectivity index (χ4v) is 3.25. The van der Waals surface area contributed by atoms with Crippen molar-refractivity contribution < 1.29 is 19.5 Å². The molecule has 0 radical (unpaired) electrons. The van der Waals surface area contributed by atoms with Gasteiger partial charge in [-0.05, 0) is 17.9 Å². The Labute approximate surface area is 143 Å². The van der Waals surface area contributed by atoms with E-state index in [2.05, 4.69) is 10.3 Å². The smallest absolute Gasteiger partial charge is 0.313 e. The van der Waals surface area contributed by atoms with Crippen LogP contribution < -0.4 is 10.9 Å². The molecular weight excluding hydrogens is 332 g/mol. The second-order valence-electron chi connectivity index (χ2n) is 6.55. The first-order valence-corrected chi connectivity index (χ1v) is 8.72. The van der Waals surface area contributed by atoms with E-state index in [1.165, 1.54) is 17.8 Å². The molecule has 0 saturated carbocycles. The number of aromatic amines is 1. The molecule has 0 fully saturated rings. The van der Waals surface area contributed by atoms with E-state index in [0.29, 0.717) is 29.9 Å². The number of thioether (sulfide) groups is 1. The molecule has 2 rings (SSSR count). The van der Waals surface area contributed by atoms with Crippen LogP contribution in [-0.2, 0) is 11.2 Å². The van der Waals surface area contributed by atoms with Crippen molar-refractivity contribution in [1.29, 1.82) is 0 Å². The van der Waals surface area contributed by atoms with E-state index in [1.54, 1.807) is 0 Å². The number of carboxylic acids is 1. The lowest BCUT2D eigenvalue weighted by atomic mass is 9.75. The summed E-state index contributed by atoms with van der Waals surface area (Å²) < 4.78 is 0. The van der Waals surface area contributed by atoms with Crippen molar-refractivity contribution in [2.24, 2.45) is 5.41 Å². The number of nitrogens with one attached hydrogen (secondary N) is 2. The minimum Gasteiger partial charge on any atom is -0.481 e. The summed E-state index contributed by atoms with van der Waals surface area (Å²) in [5.41, 5.74) is 0.159. The molecule has 0 spiro atoms. The van der Waals surface area contributed by atoms with Crippen molar-refractivity contribution in [3.8, 4) is 0 Å². The molecule has 0 unspecified atom stereocenters. The van der Waals surface area contributed by atoms with Gasteiger partial charge in [0.25, 0.3) is 11.5 Å². The van der Waals surface area contributed by atoms with Crippen molar-refractivity contribution in [1.82, 2.24) is 10.3 Å². The fourth-order valence-electron chi connectivity index (χ4n) is 2.69. The van der Waals surface area contributed by atoms with Crippen LogP contribution in [0.2, 0.25) is 0 Å². The van der Waals surface area contributed by atoms with Gasteiger partial charge in [-0.2, -0.15) is 0 Å². The molecule has 24 heavy (non-hydrogen) atoms. The van der Waals surface area contributed by atoms with Crippen molar-refractivity contribution in [2.75, 3.05) is 18.1 Å². The van der Waals surface area contributed by atoms with Gasteiger partial charge in [0, 0.05) is 30.0 Å². The SMILES string of the molecule is CC1(C)CC(=O)c2cc(C(=O)NCCSCC(=O)O)c(=O)[nH]c2C1. The van der Waals surface area contributed by atoms with Crippen LogP contribution in [0.4, 0.5) is 0 Å². The number of H-pyrrole nitrogens is 1. The van der Waals surface area contributed by atoms with E-state index >= 15 is 0 Å². The van der Waals surface area contributed by atoms with Gasteiger partial charge in [0.05, 0.1) is 5.75 Å². The van der Waals surface area contributed by atoms with Crippen LogP contribution in [0, 0.1) is 5.41 Å². The molecule has 0 aliphatic heterocycles. The Morgan fingerprint density at radius 1 is 1.33 bits per heavy atom. The van der Waals surface area contributed by atoms with Crippen LogP contribution >= 0.6 is 11.8 Å². The van der Waals surface area contributed by atoms with E-state index in [1.807, 2.05) is 13.8 Å². The normalized spacial score (nSPS) is 15.7. The topological polar surface area (TPSA) is 116 Å². The van der Waals surface area contributed by atoms with Gasteiger partial charge < -0.3 is 15.4 Å². The molecule has 8 heteroatoms. The Kier molecular flexibility index (Phi) is 5.48. The highest BCUT2D eigenvalue weighted by Gasteiger charge is 2.32. The molecule has 1 heterocycles. The third kappa shape index (κ3) is 4.47. The molecule has 0 saturated heterocycles. The minimum atomic E-state index is -0.918. The average molecular weight is 352 g/mol. The maximum absolute atomic E-state index is 12.2. The van der Waals surface area contributed by atoms with Crippen LogP contribution in [0.25, 0.3) is 0 Å². The lowest BCUT2D eigenvalue weighted by Crippen LogP contribution is -2.35. The molecule has 0 aromatic carbocycles.